The van der Waals surface area contributed by atoms with Gasteiger partial charge in [0.1, 0.15) is 0 Å². The highest BCUT2D eigenvalue weighted by Crippen LogP contribution is 2.21. The van der Waals surface area contributed by atoms with Crippen LogP contribution in [0.2, 0.25) is 0 Å². The third-order valence-electron chi connectivity index (χ3n) is 3.84. The number of aliphatic hydroxyl groups excluding tert-OH is 1. The maximum absolute atomic E-state index is 11.5. The molecule has 0 spiro atoms. The van der Waals surface area contributed by atoms with Crippen LogP contribution in [0.25, 0.3) is 0 Å². The van der Waals surface area contributed by atoms with Crippen LogP contribution in [0.5, 0.6) is 0 Å². The molecule has 4 nitrogen and oxygen atoms in total. The van der Waals surface area contributed by atoms with Crippen molar-refractivity contribution in [2.24, 2.45) is 0 Å². The SMILES string of the molecule is CN(CCC(O)c1ccc(Br)cc1)C1CCS(=O)(=O)C1. The molecule has 2 unspecified atom stereocenters. The highest BCUT2D eigenvalue weighted by Gasteiger charge is 2.30. The van der Waals surface area contributed by atoms with Crippen molar-refractivity contribution < 1.29 is 13.5 Å². The number of halogens is 1. The topological polar surface area (TPSA) is 57.6 Å². The van der Waals surface area contributed by atoms with E-state index in [1.165, 1.54) is 0 Å². The summed E-state index contributed by atoms with van der Waals surface area (Å²) >= 11 is 3.37. The van der Waals surface area contributed by atoms with Crippen LogP contribution in [0.3, 0.4) is 0 Å². The molecular weight excluding hydrogens is 342 g/mol. The molecule has 1 aromatic rings. The number of hydrogen-bond donors (Lipinski definition) is 1. The van der Waals surface area contributed by atoms with E-state index < -0.39 is 15.9 Å². The molecule has 112 valence electrons. The Labute approximate surface area is 128 Å². The Morgan fingerprint density at radius 2 is 2.05 bits per heavy atom. The van der Waals surface area contributed by atoms with Gasteiger partial charge in [0.25, 0.3) is 0 Å². The maximum Gasteiger partial charge on any atom is 0.151 e. The van der Waals surface area contributed by atoms with E-state index in [2.05, 4.69) is 15.9 Å². The molecule has 1 N–H and O–H groups in total. The van der Waals surface area contributed by atoms with Crippen molar-refractivity contribution >= 4 is 25.8 Å². The average Bonchev–Trinajstić information content (AvgIpc) is 2.77. The van der Waals surface area contributed by atoms with Gasteiger partial charge in [0.2, 0.25) is 0 Å². The second-order valence-corrected chi connectivity index (χ2v) is 8.54. The molecule has 0 aromatic heterocycles. The zero-order chi connectivity index (χ0) is 14.8. The van der Waals surface area contributed by atoms with Crippen molar-refractivity contribution in [2.45, 2.75) is 25.0 Å². The summed E-state index contributed by atoms with van der Waals surface area (Å²) in [5.41, 5.74) is 0.889. The van der Waals surface area contributed by atoms with Crippen LogP contribution in [0.1, 0.15) is 24.5 Å². The van der Waals surface area contributed by atoms with E-state index in [9.17, 15) is 13.5 Å². The molecule has 2 atom stereocenters. The maximum atomic E-state index is 11.5. The standard InChI is InChI=1S/C14H20BrNO3S/c1-16(13-7-9-20(18,19)10-13)8-6-14(17)11-2-4-12(15)5-3-11/h2-5,13-14,17H,6-10H2,1H3. The van der Waals surface area contributed by atoms with E-state index in [0.29, 0.717) is 19.4 Å². The van der Waals surface area contributed by atoms with E-state index >= 15 is 0 Å². The van der Waals surface area contributed by atoms with Crippen LogP contribution in [-0.4, -0.2) is 49.6 Å². The van der Waals surface area contributed by atoms with E-state index in [4.69, 9.17) is 0 Å². The molecular formula is C14H20BrNO3S. The Kier molecular flexibility index (Phi) is 5.23. The minimum atomic E-state index is -2.85. The zero-order valence-corrected chi connectivity index (χ0v) is 13.9. The fourth-order valence-electron chi connectivity index (χ4n) is 2.48. The lowest BCUT2D eigenvalue weighted by atomic mass is 10.1. The molecule has 0 amide bonds. The molecule has 1 aromatic carbocycles. The van der Waals surface area contributed by atoms with Crippen LogP contribution < -0.4 is 0 Å². The smallest absolute Gasteiger partial charge is 0.151 e. The summed E-state index contributed by atoms with van der Waals surface area (Å²) in [7, 11) is -0.915. The predicted octanol–water partition coefficient (Wildman–Crippen LogP) is 1.99. The fraction of sp³-hybridized carbons (Fsp3) is 0.571. The molecule has 2 rings (SSSR count). The summed E-state index contributed by atoms with van der Waals surface area (Å²) in [5.74, 6) is 0.537. The molecule has 0 aliphatic carbocycles. The molecule has 1 saturated heterocycles. The van der Waals surface area contributed by atoms with Crippen molar-refractivity contribution in [1.29, 1.82) is 0 Å². The minimum Gasteiger partial charge on any atom is -0.388 e. The molecule has 1 aliphatic rings. The molecule has 6 heteroatoms. The monoisotopic (exact) mass is 361 g/mol. The normalized spacial score (nSPS) is 23.1. The third-order valence-corrected chi connectivity index (χ3v) is 6.12. The average molecular weight is 362 g/mol. The molecule has 20 heavy (non-hydrogen) atoms. The van der Waals surface area contributed by atoms with Gasteiger partial charge in [-0.15, -0.1) is 0 Å². The van der Waals surface area contributed by atoms with E-state index in [1.807, 2.05) is 36.2 Å². The van der Waals surface area contributed by atoms with E-state index in [0.717, 1.165) is 10.0 Å². The molecule has 1 fully saturated rings. The second kappa shape index (κ2) is 6.56. The second-order valence-electron chi connectivity index (χ2n) is 5.39. The van der Waals surface area contributed by atoms with Crippen molar-refractivity contribution in [3.63, 3.8) is 0 Å². The van der Waals surface area contributed by atoms with Gasteiger partial charge >= 0.3 is 0 Å². The predicted molar refractivity (Wildman–Crippen MR) is 83.4 cm³/mol. The van der Waals surface area contributed by atoms with E-state index in [1.54, 1.807) is 0 Å². The number of benzene rings is 1. The lowest BCUT2D eigenvalue weighted by molar-refractivity contribution is 0.140. The Balaban J connectivity index is 1.84. The van der Waals surface area contributed by atoms with Gasteiger partial charge in [-0.25, -0.2) is 8.42 Å². The van der Waals surface area contributed by atoms with Crippen LogP contribution >= 0.6 is 15.9 Å². The van der Waals surface area contributed by atoms with Crippen LogP contribution in [0.4, 0.5) is 0 Å². The third kappa shape index (κ3) is 4.28. The fourth-order valence-corrected chi connectivity index (χ4v) is 4.55. The summed E-state index contributed by atoms with van der Waals surface area (Å²) in [6, 6.07) is 7.71. The van der Waals surface area contributed by atoms with Gasteiger partial charge in [0.05, 0.1) is 17.6 Å². The van der Waals surface area contributed by atoms with Crippen LogP contribution in [-0.2, 0) is 9.84 Å². The highest BCUT2D eigenvalue weighted by atomic mass is 79.9. The number of aliphatic hydroxyl groups is 1. The molecule has 0 bridgehead atoms. The van der Waals surface area contributed by atoms with Gasteiger partial charge in [-0.2, -0.15) is 0 Å². The Morgan fingerprint density at radius 1 is 1.40 bits per heavy atom. The first kappa shape index (κ1) is 15.9. The summed E-state index contributed by atoms with van der Waals surface area (Å²) in [4.78, 5) is 2.05. The first-order valence-electron chi connectivity index (χ1n) is 6.71. The highest BCUT2D eigenvalue weighted by molar-refractivity contribution is 9.10. The lowest BCUT2D eigenvalue weighted by Gasteiger charge is -2.24. The summed E-state index contributed by atoms with van der Waals surface area (Å²) in [6.07, 6.45) is 0.797. The van der Waals surface area contributed by atoms with E-state index in [-0.39, 0.29) is 17.5 Å². The molecule has 1 aliphatic heterocycles. The van der Waals surface area contributed by atoms with Crippen molar-refractivity contribution in [3.05, 3.63) is 34.3 Å². The van der Waals surface area contributed by atoms with Crippen LogP contribution in [0.15, 0.2) is 28.7 Å². The van der Waals surface area contributed by atoms with Crippen molar-refractivity contribution in [2.75, 3.05) is 25.1 Å². The molecule has 0 radical (unpaired) electrons. The summed E-state index contributed by atoms with van der Waals surface area (Å²) in [6.45, 7) is 0.692. The number of sulfone groups is 1. The molecule has 0 saturated carbocycles. The van der Waals surface area contributed by atoms with Gasteiger partial charge < -0.3 is 10.0 Å². The Morgan fingerprint density at radius 3 is 2.60 bits per heavy atom. The van der Waals surface area contributed by atoms with Gasteiger partial charge in [-0.1, -0.05) is 28.1 Å². The lowest BCUT2D eigenvalue weighted by Crippen LogP contribution is -2.34. The van der Waals surface area contributed by atoms with Crippen molar-refractivity contribution in [3.8, 4) is 0 Å². The number of hydrogen-bond acceptors (Lipinski definition) is 4. The number of rotatable bonds is 5. The van der Waals surface area contributed by atoms with Gasteiger partial charge in [0, 0.05) is 17.1 Å². The summed E-state index contributed by atoms with van der Waals surface area (Å²) < 4.78 is 23.9. The van der Waals surface area contributed by atoms with Gasteiger partial charge in [-0.05, 0) is 37.6 Å². The van der Waals surface area contributed by atoms with Gasteiger partial charge in [0.15, 0.2) is 9.84 Å². The Hall–Kier alpha value is -0.430. The quantitative estimate of drug-likeness (QED) is 0.871. The van der Waals surface area contributed by atoms with Gasteiger partial charge in [-0.3, -0.25) is 0 Å². The first-order chi connectivity index (χ1) is 9.37. The largest absolute Gasteiger partial charge is 0.388 e. The van der Waals surface area contributed by atoms with Crippen LogP contribution in [0, 0.1) is 0 Å². The molecule has 1 heterocycles. The minimum absolute atomic E-state index is 0.0946. The Bertz CT molecular complexity index is 544. The zero-order valence-electron chi connectivity index (χ0n) is 11.5. The first-order valence-corrected chi connectivity index (χ1v) is 9.33. The summed E-state index contributed by atoms with van der Waals surface area (Å²) in [5, 5.41) is 10.1. The van der Waals surface area contributed by atoms with Crippen molar-refractivity contribution in [1.82, 2.24) is 4.90 Å². The number of nitrogens with zero attached hydrogens (tertiary/aromatic N) is 1.